The van der Waals surface area contributed by atoms with Gasteiger partial charge in [0.1, 0.15) is 6.29 Å². The van der Waals surface area contributed by atoms with Crippen molar-refractivity contribution >= 4 is 16.1 Å². The minimum Gasteiger partial charge on any atom is -0.381 e. The number of aldehydes is 1. The first-order valence-corrected chi connectivity index (χ1v) is 5.97. The van der Waals surface area contributed by atoms with Gasteiger partial charge in [-0.2, -0.15) is 0 Å². The summed E-state index contributed by atoms with van der Waals surface area (Å²) in [5.74, 6) is 0.0257. The van der Waals surface area contributed by atoms with Crippen LogP contribution in [0.15, 0.2) is 0 Å². The molecule has 1 aliphatic heterocycles. The van der Waals surface area contributed by atoms with Gasteiger partial charge in [-0.15, -0.1) is 0 Å². The molecule has 2 unspecified atom stereocenters. The first-order valence-electron chi connectivity index (χ1n) is 4.15. The van der Waals surface area contributed by atoms with E-state index in [0.29, 0.717) is 6.42 Å². The van der Waals surface area contributed by atoms with Crippen molar-refractivity contribution in [1.82, 2.24) is 0 Å². The highest BCUT2D eigenvalue weighted by molar-refractivity contribution is 7.91. The third-order valence-corrected chi connectivity index (χ3v) is 4.57. The molecular weight excluding hydrogens is 192 g/mol. The molecule has 0 spiro atoms. The quantitative estimate of drug-likeness (QED) is 0.611. The zero-order valence-corrected chi connectivity index (χ0v) is 8.63. The van der Waals surface area contributed by atoms with E-state index in [4.69, 9.17) is 4.74 Å². The molecule has 1 fully saturated rings. The van der Waals surface area contributed by atoms with Crippen molar-refractivity contribution in [1.29, 1.82) is 0 Å². The van der Waals surface area contributed by atoms with E-state index in [-0.39, 0.29) is 17.6 Å². The molecule has 0 aliphatic carbocycles. The topological polar surface area (TPSA) is 60.4 Å². The molecule has 1 heterocycles. The molecule has 5 heteroatoms. The molecule has 0 amide bonds. The van der Waals surface area contributed by atoms with Gasteiger partial charge in [0.2, 0.25) is 0 Å². The molecule has 1 rings (SSSR count). The van der Waals surface area contributed by atoms with Gasteiger partial charge in [0.15, 0.2) is 9.84 Å². The van der Waals surface area contributed by atoms with Gasteiger partial charge >= 0.3 is 0 Å². The van der Waals surface area contributed by atoms with Gasteiger partial charge in [-0.25, -0.2) is 8.42 Å². The number of carbonyl (C=O) groups excluding carboxylic acids is 1. The first kappa shape index (κ1) is 10.7. The van der Waals surface area contributed by atoms with E-state index in [1.807, 2.05) is 0 Å². The van der Waals surface area contributed by atoms with Crippen LogP contribution in [0.25, 0.3) is 0 Å². The van der Waals surface area contributed by atoms with Gasteiger partial charge in [0.05, 0.1) is 23.0 Å². The average molecular weight is 206 g/mol. The normalized spacial score (nSPS) is 34.3. The Bertz CT molecular complexity index is 295. The number of rotatable bonds is 3. The maximum absolute atomic E-state index is 11.2. The number of ether oxygens (including phenoxy) is 1. The van der Waals surface area contributed by atoms with Crippen LogP contribution in [0.1, 0.15) is 13.3 Å². The standard InChI is InChI=1S/C8H14O4S/c1-7(12-2)8(5-9)3-4-13(10,11)6-8/h5,7H,3-4,6H2,1-2H3. The molecule has 4 nitrogen and oxygen atoms in total. The zero-order valence-electron chi connectivity index (χ0n) is 7.82. The predicted octanol–water partition coefficient (Wildman–Crippen LogP) is 0.0251. The molecule has 2 atom stereocenters. The van der Waals surface area contributed by atoms with Gasteiger partial charge in [0.25, 0.3) is 0 Å². The zero-order chi connectivity index (χ0) is 10.1. The van der Waals surface area contributed by atoms with Crippen LogP contribution in [-0.4, -0.2) is 39.4 Å². The van der Waals surface area contributed by atoms with E-state index in [2.05, 4.69) is 0 Å². The minimum absolute atomic E-state index is 0.0709. The lowest BCUT2D eigenvalue weighted by Crippen LogP contribution is -2.37. The summed E-state index contributed by atoms with van der Waals surface area (Å²) < 4.78 is 27.4. The summed E-state index contributed by atoms with van der Waals surface area (Å²) in [5, 5.41) is 0. The highest BCUT2D eigenvalue weighted by Crippen LogP contribution is 2.34. The van der Waals surface area contributed by atoms with E-state index < -0.39 is 15.3 Å². The van der Waals surface area contributed by atoms with E-state index in [9.17, 15) is 13.2 Å². The second kappa shape index (κ2) is 3.38. The molecular formula is C8H14O4S. The fraction of sp³-hybridized carbons (Fsp3) is 0.875. The Morgan fingerprint density at radius 2 is 2.15 bits per heavy atom. The molecule has 76 valence electrons. The summed E-state index contributed by atoms with van der Waals surface area (Å²) in [5.41, 5.74) is -0.812. The van der Waals surface area contributed by atoms with Crippen molar-refractivity contribution in [2.45, 2.75) is 19.4 Å². The first-order chi connectivity index (χ1) is 5.96. The molecule has 1 saturated heterocycles. The van der Waals surface area contributed by atoms with E-state index in [1.54, 1.807) is 6.92 Å². The molecule has 0 saturated carbocycles. The molecule has 1 aliphatic rings. The minimum atomic E-state index is -3.03. The van der Waals surface area contributed by atoms with Crippen LogP contribution >= 0.6 is 0 Å². The Hall–Kier alpha value is -0.420. The maximum Gasteiger partial charge on any atom is 0.151 e. The summed E-state index contributed by atoms with van der Waals surface area (Å²) in [6.07, 6.45) is 0.779. The summed E-state index contributed by atoms with van der Waals surface area (Å²) in [7, 11) is -1.55. The second-order valence-corrected chi connectivity index (χ2v) is 5.76. The summed E-state index contributed by atoms with van der Waals surface area (Å²) in [4.78, 5) is 10.9. The van der Waals surface area contributed by atoms with Crippen LogP contribution in [0.3, 0.4) is 0 Å². The van der Waals surface area contributed by atoms with E-state index in [0.717, 1.165) is 6.29 Å². The number of carbonyl (C=O) groups is 1. The lowest BCUT2D eigenvalue weighted by atomic mass is 9.84. The lowest BCUT2D eigenvalue weighted by molar-refractivity contribution is -0.121. The fourth-order valence-electron chi connectivity index (χ4n) is 1.64. The summed E-state index contributed by atoms with van der Waals surface area (Å²) in [6, 6.07) is 0. The van der Waals surface area contributed by atoms with Crippen molar-refractivity contribution in [3.05, 3.63) is 0 Å². The number of sulfone groups is 1. The second-order valence-electron chi connectivity index (χ2n) is 3.57. The summed E-state index contributed by atoms with van der Waals surface area (Å²) in [6.45, 7) is 1.73. The maximum atomic E-state index is 11.2. The predicted molar refractivity (Wildman–Crippen MR) is 48.2 cm³/mol. The van der Waals surface area contributed by atoms with E-state index >= 15 is 0 Å². The average Bonchev–Trinajstić information content (AvgIpc) is 2.41. The highest BCUT2D eigenvalue weighted by Gasteiger charge is 2.46. The molecule has 13 heavy (non-hydrogen) atoms. The SMILES string of the molecule is COC(C)C1(C=O)CCS(=O)(=O)C1. The smallest absolute Gasteiger partial charge is 0.151 e. The van der Waals surface area contributed by atoms with Crippen LogP contribution in [0.2, 0.25) is 0 Å². The third kappa shape index (κ3) is 1.91. The highest BCUT2D eigenvalue weighted by atomic mass is 32.2. The number of hydrogen-bond donors (Lipinski definition) is 0. The van der Waals surface area contributed by atoms with Crippen molar-refractivity contribution < 1.29 is 17.9 Å². The van der Waals surface area contributed by atoms with Crippen LogP contribution in [0.4, 0.5) is 0 Å². The fourth-order valence-corrected chi connectivity index (χ4v) is 3.74. The van der Waals surface area contributed by atoms with Gasteiger partial charge < -0.3 is 9.53 Å². The summed E-state index contributed by atoms with van der Waals surface area (Å²) >= 11 is 0. The van der Waals surface area contributed by atoms with Gasteiger partial charge in [-0.3, -0.25) is 0 Å². The van der Waals surface area contributed by atoms with Crippen LogP contribution in [0, 0.1) is 5.41 Å². The van der Waals surface area contributed by atoms with Crippen molar-refractivity contribution in [3.8, 4) is 0 Å². The molecule has 0 aromatic heterocycles. The Morgan fingerprint density at radius 1 is 1.54 bits per heavy atom. The Balaban J connectivity index is 2.92. The van der Waals surface area contributed by atoms with Gasteiger partial charge in [0, 0.05) is 7.11 Å². The molecule has 0 aromatic rings. The van der Waals surface area contributed by atoms with Crippen LogP contribution in [-0.2, 0) is 19.4 Å². The van der Waals surface area contributed by atoms with Gasteiger partial charge in [-0.05, 0) is 13.3 Å². The van der Waals surface area contributed by atoms with Crippen LogP contribution in [0.5, 0.6) is 0 Å². The number of methoxy groups -OCH3 is 1. The monoisotopic (exact) mass is 206 g/mol. The third-order valence-electron chi connectivity index (χ3n) is 2.77. The Morgan fingerprint density at radius 3 is 2.46 bits per heavy atom. The van der Waals surface area contributed by atoms with Crippen molar-refractivity contribution in [2.24, 2.45) is 5.41 Å². The Labute approximate surface area is 78.2 Å². The molecule has 0 N–H and O–H groups in total. The molecule has 0 aromatic carbocycles. The molecule has 0 bridgehead atoms. The van der Waals surface area contributed by atoms with Crippen molar-refractivity contribution in [2.75, 3.05) is 18.6 Å². The van der Waals surface area contributed by atoms with Gasteiger partial charge in [-0.1, -0.05) is 0 Å². The Kier molecular flexibility index (Phi) is 2.77. The lowest BCUT2D eigenvalue weighted by Gasteiger charge is -2.26. The van der Waals surface area contributed by atoms with Crippen molar-refractivity contribution in [3.63, 3.8) is 0 Å². The van der Waals surface area contributed by atoms with E-state index in [1.165, 1.54) is 7.11 Å². The molecule has 0 radical (unpaired) electrons. The number of hydrogen-bond acceptors (Lipinski definition) is 4. The van der Waals surface area contributed by atoms with Crippen LogP contribution < -0.4 is 0 Å². The largest absolute Gasteiger partial charge is 0.381 e.